The zero-order valence-electron chi connectivity index (χ0n) is 40.7. The molecule has 0 saturated carbocycles. The molecule has 0 amide bonds. The molecule has 5 aromatic carbocycles. The van der Waals surface area contributed by atoms with Gasteiger partial charge in [-0.1, -0.05) is 12.1 Å². The van der Waals surface area contributed by atoms with Gasteiger partial charge in [0.2, 0.25) is 10.4 Å². The van der Waals surface area contributed by atoms with Crippen LogP contribution in [0.1, 0.15) is 0 Å². The smallest absolute Gasteiger partial charge is 0.744 e. The molecule has 32 nitrogen and oxygen atoms in total. The topological polar surface area (TPSA) is 525 Å². The van der Waals surface area contributed by atoms with Crippen LogP contribution in [0.5, 0.6) is 0 Å². The van der Waals surface area contributed by atoms with E-state index in [4.69, 9.17) is 11.5 Å². The van der Waals surface area contributed by atoms with Crippen LogP contribution in [0.4, 0.5) is 45.5 Å². The van der Waals surface area contributed by atoms with Crippen molar-refractivity contribution in [2.75, 3.05) is 36.2 Å². The summed E-state index contributed by atoms with van der Waals surface area (Å²) in [6, 6.07) is 10.3. The first-order valence-electron chi connectivity index (χ1n) is 18.1. The van der Waals surface area contributed by atoms with Crippen LogP contribution in [0.15, 0.2) is 133 Å². The number of benzene rings is 5. The van der Waals surface area contributed by atoms with Crippen LogP contribution in [0.3, 0.4) is 0 Å². The van der Waals surface area contributed by atoms with Crippen molar-refractivity contribution >= 4 is 141 Å². The molecular formula is C32H24N8Na6O24S8. The molecule has 0 aliphatic carbocycles. The Labute approximate surface area is 584 Å². The largest absolute Gasteiger partial charge is 1.00 e. The number of nitrogens with two attached hydrogens (primary N) is 2. The van der Waals surface area contributed by atoms with E-state index in [-0.39, 0.29) is 205 Å². The molecule has 5 aromatic rings. The van der Waals surface area contributed by atoms with Gasteiger partial charge in [-0.15, -0.1) is 29.9 Å². The molecule has 0 fully saturated rings. The molecule has 0 atom stereocenters. The van der Waals surface area contributed by atoms with E-state index in [0.29, 0.717) is 36.3 Å². The molecule has 4 N–H and O–H groups in total. The Morgan fingerprint density at radius 3 is 1.42 bits per heavy atom. The van der Waals surface area contributed by atoms with Crippen molar-refractivity contribution in [2.45, 2.75) is 29.4 Å². The molecule has 390 valence electrons. The Bertz CT molecular complexity index is 3730. The van der Waals surface area contributed by atoms with Crippen molar-refractivity contribution in [3.63, 3.8) is 0 Å². The maximum Gasteiger partial charge on any atom is 1.00 e. The fourth-order valence-electron chi connectivity index (χ4n) is 5.60. The number of nitrogens with zero attached hydrogens (tertiary/aromatic N) is 6. The third kappa shape index (κ3) is 23.2. The summed E-state index contributed by atoms with van der Waals surface area (Å²) < 4.78 is 212. The van der Waals surface area contributed by atoms with Gasteiger partial charge in [-0.25, -0.2) is 50.5 Å². The van der Waals surface area contributed by atoms with Gasteiger partial charge in [-0.3, -0.25) is 18.4 Å². The number of rotatable bonds is 24. The predicted octanol–water partition coefficient (Wildman–Crippen LogP) is -16.0. The van der Waals surface area contributed by atoms with Crippen LogP contribution in [0.25, 0.3) is 10.8 Å². The number of sulfone groups is 2. The third-order valence-corrected chi connectivity index (χ3v) is 16.1. The van der Waals surface area contributed by atoms with E-state index in [2.05, 4.69) is 57.8 Å². The second kappa shape index (κ2) is 34.7. The van der Waals surface area contributed by atoms with Crippen LogP contribution in [0, 0.1) is 0 Å². The normalized spacial score (nSPS) is 12.3. The minimum Gasteiger partial charge on any atom is -0.744 e. The van der Waals surface area contributed by atoms with Crippen LogP contribution in [-0.4, -0.2) is 93.4 Å². The zero-order valence-corrected chi connectivity index (χ0v) is 59.2. The Hall–Kier alpha value is 0.680. The quantitative estimate of drug-likeness (QED) is 0.00667. The summed E-state index contributed by atoms with van der Waals surface area (Å²) in [6.45, 7) is -1.85. The molecule has 78 heavy (non-hydrogen) atoms. The number of anilines is 2. The molecule has 0 bridgehead atoms. The summed E-state index contributed by atoms with van der Waals surface area (Å²) >= 11 is 0.282. The second-order valence-corrected chi connectivity index (χ2v) is 23.8. The van der Waals surface area contributed by atoms with E-state index in [1.54, 1.807) is 0 Å². The molecule has 0 radical (unpaired) electrons. The predicted molar refractivity (Wildman–Crippen MR) is 232 cm³/mol. The SMILES string of the molecule is Nc1c(N=Nc2cc(S(=O)(=O)[O-])c3cccc(SOO[O-])c3c2)cc(N=Nc2ccc(S(=O)(=O)CCOSOO[O-])cc2S(=O)(=O)[O-])c(N)c1N=Nc1ccc(S(=O)(=O)CCOS(=O)(=O)[O-])cc1S(=O)(=O)[O-].[Na+].[Na+].[Na+].[Na+].[Na+].[Na+]. The number of hydrogen-bond donors (Lipinski definition) is 2. The Morgan fingerprint density at radius 1 is 0.487 bits per heavy atom. The van der Waals surface area contributed by atoms with Gasteiger partial charge in [-0.05, 0) is 60.7 Å². The molecule has 0 saturated heterocycles. The van der Waals surface area contributed by atoms with Gasteiger partial charge in [0.25, 0.3) is 0 Å². The van der Waals surface area contributed by atoms with Crippen molar-refractivity contribution < 1.29 is 284 Å². The third-order valence-electron chi connectivity index (χ3n) is 8.69. The molecule has 46 heteroatoms. The van der Waals surface area contributed by atoms with E-state index in [1.165, 1.54) is 18.2 Å². The van der Waals surface area contributed by atoms with Crippen molar-refractivity contribution in [3.05, 3.63) is 72.8 Å². The van der Waals surface area contributed by atoms with E-state index in [1.807, 2.05) is 0 Å². The van der Waals surface area contributed by atoms with Gasteiger partial charge in [0, 0.05) is 15.7 Å². The average molecular weight is 1300 g/mol. The number of hydrogen-bond acceptors (Lipinski definition) is 34. The Morgan fingerprint density at radius 2 is 0.949 bits per heavy atom. The molecule has 0 aliphatic heterocycles. The molecule has 0 heterocycles. The van der Waals surface area contributed by atoms with Crippen LogP contribution in [0.2, 0.25) is 0 Å². The van der Waals surface area contributed by atoms with Gasteiger partial charge >= 0.3 is 177 Å². The van der Waals surface area contributed by atoms with Crippen LogP contribution >= 0.6 is 24.4 Å². The average Bonchev–Trinajstić information content (AvgIpc) is 3.28. The molecular weight excluding hydrogens is 1270 g/mol. The van der Waals surface area contributed by atoms with Gasteiger partial charge in [0.05, 0.1) is 78.3 Å². The number of fused-ring (bicyclic) bond motifs is 1. The molecule has 0 aliphatic rings. The van der Waals surface area contributed by atoms with E-state index in [0.717, 1.165) is 30.3 Å². The van der Waals surface area contributed by atoms with E-state index in [9.17, 15) is 79.2 Å². The van der Waals surface area contributed by atoms with Crippen molar-refractivity contribution in [1.29, 1.82) is 0 Å². The Kier molecular flexibility index (Phi) is 36.0. The number of azo groups is 3. The first kappa shape index (κ1) is 80.7. The maximum atomic E-state index is 12.9. The van der Waals surface area contributed by atoms with Gasteiger partial charge < -0.3 is 40.2 Å². The first-order valence-corrected chi connectivity index (χ1v) is 28.4. The standard InChI is InChI=1S/C32H30N8O24S8.6Na/c33-30-24(38-35-17-12-21-20(27(13-17)69(47,48)49)2-1-3-26(21)65-63-61-41)16-25(39-36-22-6-4-18(14-28(22)70(50,51)52)67(43,44)10-8-59-66-64-62-42)31(34)32(30)40-37-23-7-5-19(15-29(23)71(53,54)55)68(45,46)11-9-60-72(56,57)58;;;;;;/h1-7,12-16,41-42H,8-11,33-34H2,(H,47,48,49)(H,50,51,52)(H,53,54,55)(H,56,57,58);;;;;;/q;6*+1/p-6. The monoisotopic (exact) mass is 1300 g/mol. The summed E-state index contributed by atoms with van der Waals surface area (Å²) in [7, 11) is -31.0. The van der Waals surface area contributed by atoms with Crippen molar-refractivity contribution in [1.82, 2.24) is 0 Å². The second-order valence-electron chi connectivity index (χ2n) is 13.2. The van der Waals surface area contributed by atoms with Gasteiger partial charge in [-0.2, -0.15) is 9.45 Å². The first-order chi connectivity index (χ1) is 33.5. The maximum absolute atomic E-state index is 12.9. The summed E-state index contributed by atoms with van der Waals surface area (Å²) in [5, 5.41) is 49.4. The van der Waals surface area contributed by atoms with Crippen molar-refractivity contribution in [2.24, 2.45) is 30.7 Å². The van der Waals surface area contributed by atoms with Crippen molar-refractivity contribution in [3.8, 4) is 0 Å². The number of nitrogen functional groups attached to an aromatic ring is 2. The van der Waals surface area contributed by atoms with Crippen LogP contribution < -0.4 is 199 Å². The Balaban J connectivity index is 0. The van der Waals surface area contributed by atoms with Crippen LogP contribution in [-0.2, 0) is 87.5 Å². The minimum absolute atomic E-state index is 0. The van der Waals surface area contributed by atoms with Gasteiger partial charge in [0.15, 0.2) is 32.0 Å². The summed E-state index contributed by atoms with van der Waals surface area (Å²) in [5.74, 6) is -2.05. The van der Waals surface area contributed by atoms with Gasteiger partial charge in [0.1, 0.15) is 58.8 Å². The van der Waals surface area contributed by atoms with E-state index >= 15 is 0 Å². The fraction of sp³-hybridized carbons (Fsp3) is 0.125. The summed E-state index contributed by atoms with van der Waals surface area (Å²) in [5.41, 5.74) is 7.18. The molecule has 0 unspecified atom stereocenters. The summed E-state index contributed by atoms with van der Waals surface area (Å²) in [4.78, 5) is -5.08. The summed E-state index contributed by atoms with van der Waals surface area (Å²) in [6.07, 6.45) is 0. The van der Waals surface area contributed by atoms with E-state index < -0.39 is 155 Å². The molecule has 5 rings (SSSR count). The minimum atomic E-state index is -5.67. The molecule has 0 spiro atoms. The zero-order chi connectivity index (χ0) is 53.5. The fourth-order valence-corrected chi connectivity index (χ4v) is 11.2. The molecule has 0 aromatic heterocycles.